The molecule has 0 radical (unpaired) electrons. The molecule has 3 rings (SSSR count). The first kappa shape index (κ1) is 29.0. The predicted molar refractivity (Wildman–Crippen MR) is 143 cm³/mol. The van der Waals surface area contributed by atoms with Crippen molar-refractivity contribution in [3.63, 3.8) is 0 Å². The Morgan fingerprint density at radius 2 is 1.42 bits per heavy atom. The van der Waals surface area contributed by atoms with Crippen molar-refractivity contribution in [1.29, 1.82) is 0 Å². The summed E-state index contributed by atoms with van der Waals surface area (Å²) >= 11 is 0. The van der Waals surface area contributed by atoms with E-state index in [4.69, 9.17) is 4.74 Å². The summed E-state index contributed by atoms with van der Waals surface area (Å²) < 4.78 is 57.7. The summed E-state index contributed by atoms with van der Waals surface area (Å²) in [5, 5.41) is 1.24. The van der Waals surface area contributed by atoms with Crippen LogP contribution in [0.15, 0.2) is 93.5 Å². The SMILES string of the molecule is CCNN(C=O)c1ccc(S(=O)(=O)c2ccc(S(=O)(=O)CC(CC(=O)OCC)c3ccccc3)cc2)cc1. The fraction of sp³-hybridized carbons (Fsp3) is 0.259. The van der Waals surface area contributed by atoms with Gasteiger partial charge in [0.1, 0.15) is 0 Å². The topological polar surface area (TPSA) is 127 Å². The lowest BCUT2D eigenvalue weighted by Gasteiger charge is -2.18. The van der Waals surface area contributed by atoms with Gasteiger partial charge in [-0.3, -0.25) is 9.59 Å². The molecule has 0 aliphatic heterocycles. The van der Waals surface area contributed by atoms with Crippen LogP contribution in [0.3, 0.4) is 0 Å². The van der Waals surface area contributed by atoms with Crippen LogP contribution < -0.4 is 10.4 Å². The van der Waals surface area contributed by atoms with Crippen molar-refractivity contribution in [2.75, 3.05) is 23.9 Å². The lowest BCUT2D eigenvalue weighted by molar-refractivity contribution is -0.143. The fourth-order valence-corrected chi connectivity index (χ4v) is 6.73. The van der Waals surface area contributed by atoms with E-state index in [1.165, 1.54) is 53.5 Å². The van der Waals surface area contributed by atoms with Gasteiger partial charge in [0.25, 0.3) is 0 Å². The van der Waals surface area contributed by atoms with E-state index in [9.17, 15) is 26.4 Å². The highest BCUT2D eigenvalue weighted by molar-refractivity contribution is 7.92. The van der Waals surface area contributed by atoms with E-state index in [0.29, 0.717) is 24.2 Å². The number of benzene rings is 3. The van der Waals surface area contributed by atoms with Gasteiger partial charge in [0, 0.05) is 12.5 Å². The average Bonchev–Trinajstić information content (AvgIpc) is 2.92. The molecule has 3 aromatic carbocycles. The molecule has 11 heteroatoms. The molecule has 0 aliphatic carbocycles. The molecule has 0 saturated heterocycles. The Morgan fingerprint density at radius 1 is 0.868 bits per heavy atom. The summed E-state index contributed by atoms with van der Waals surface area (Å²) in [5.74, 6) is -1.47. The van der Waals surface area contributed by atoms with Crippen molar-refractivity contribution in [2.24, 2.45) is 0 Å². The molecule has 1 atom stereocenters. The van der Waals surface area contributed by atoms with E-state index >= 15 is 0 Å². The summed E-state index contributed by atoms with van der Waals surface area (Å²) in [6.07, 6.45) is 0.482. The summed E-state index contributed by atoms with van der Waals surface area (Å²) in [5.41, 5.74) is 3.99. The minimum absolute atomic E-state index is 0.00205. The quantitative estimate of drug-likeness (QED) is 0.192. The molecular weight excluding hydrogens is 528 g/mol. The Kier molecular flexibility index (Phi) is 9.78. The highest BCUT2D eigenvalue weighted by Crippen LogP contribution is 2.28. The Labute approximate surface area is 223 Å². The first-order valence-electron chi connectivity index (χ1n) is 12.0. The Hall–Kier alpha value is -3.54. The molecular formula is C27H30N2O7S2. The van der Waals surface area contributed by atoms with Gasteiger partial charge in [0.2, 0.25) is 16.2 Å². The third-order valence-electron chi connectivity index (χ3n) is 5.76. The number of esters is 1. The van der Waals surface area contributed by atoms with E-state index in [2.05, 4.69) is 5.43 Å². The van der Waals surface area contributed by atoms with Crippen molar-refractivity contribution in [2.45, 2.75) is 40.9 Å². The maximum absolute atomic E-state index is 13.2. The van der Waals surface area contributed by atoms with E-state index in [1.54, 1.807) is 37.3 Å². The number of hydrogen-bond donors (Lipinski definition) is 1. The highest BCUT2D eigenvalue weighted by atomic mass is 32.2. The zero-order chi connectivity index (χ0) is 27.8. The number of carbonyl (C=O) groups excluding carboxylic acids is 2. The van der Waals surface area contributed by atoms with Crippen LogP contribution in [0, 0.1) is 0 Å². The molecule has 1 N–H and O–H groups in total. The minimum Gasteiger partial charge on any atom is -0.466 e. The first-order chi connectivity index (χ1) is 18.1. The van der Waals surface area contributed by atoms with Crippen molar-refractivity contribution in [1.82, 2.24) is 5.43 Å². The lowest BCUT2D eigenvalue weighted by atomic mass is 9.98. The smallest absolute Gasteiger partial charge is 0.306 e. The molecule has 0 fully saturated rings. The molecule has 0 heterocycles. The molecule has 0 aromatic heterocycles. The van der Waals surface area contributed by atoms with Crippen LogP contribution in [-0.2, 0) is 34.0 Å². The van der Waals surface area contributed by atoms with E-state index in [0.717, 1.165) is 0 Å². The molecule has 1 unspecified atom stereocenters. The van der Waals surface area contributed by atoms with E-state index in [1.807, 2.05) is 6.92 Å². The van der Waals surface area contributed by atoms with Gasteiger partial charge in [0.05, 0.1) is 39.2 Å². The number of carbonyl (C=O) groups is 2. The summed E-state index contributed by atoms with van der Waals surface area (Å²) in [6.45, 7) is 4.20. The number of sulfone groups is 2. The molecule has 0 bridgehead atoms. The molecule has 0 saturated carbocycles. The minimum atomic E-state index is -3.93. The number of ether oxygens (including phenoxy) is 1. The Bertz CT molecular complexity index is 1440. The second-order valence-corrected chi connectivity index (χ2v) is 12.3. The van der Waals surface area contributed by atoms with Crippen LogP contribution in [0.4, 0.5) is 5.69 Å². The molecule has 1 amide bonds. The molecule has 202 valence electrons. The van der Waals surface area contributed by atoms with Crippen LogP contribution in [0.25, 0.3) is 0 Å². The van der Waals surface area contributed by atoms with Gasteiger partial charge in [-0.15, -0.1) is 0 Å². The van der Waals surface area contributed by atoms with Crippen LogP contribution in [0.5, 0.6) is 0 Å². The van der Waals surface area contributed by atoms with Crippen molar-refractivity contribution < 1.29 is 31.2 Å². The van der Waals surface area contributed by atoms with Crippen molar-refractivity contribution in [3.8, 4) is 0 Å². The number of amides is 1. The Morgan fingerprint density at radius 3 is 1.95 bits per heavy atom. The monoisotopic (exact) mass is 558 g/mol. The van der Waals surface area contributed by atoms with Crippen LogP contribution in [-0.4, -0.2) is 48.1 Å². The third-order valence-corrected chi connectivity index (χ3v) is 9.38. The zero-order valence-electron chi connectivity index (χ0n) is 21.1. The van der Waals surface area contributed by atoms with Crippen molar-refractivity contribution >= 4 is 37.7 Å². The van der Waals surface area contributed by atoms with E-state index < -0.39 is 31.6 Å². The second kappa shape index (κ2) is 12.8. The molecule has 0 spiro atoms. The number of hydrazine groups is 1. The van der Waals surface area contributed by atoms with Gasteiger partial charge in [0.15, 0.2) is 9.84 Å². The molecule has 0 aliphatic rings. The van der Waals surface area contributed by atoms with Gasteiger partial charge >= 0.3 is 5.97 Å². The van der Waals surface area contributed by atoms with Gasteiger partial charge in [-0.1, -0.05) is 37.3 Å². The molecule has 3 aromatic rings. The maximum Gasteiger partial charge on any atom is 0.306 e. The number of rotatable bonds is 13. The van der Waals surface area contributed by atoms with Crippen LogP contribution >= 0.6 is 0 Å². The first-order valence-corrected chi connectivity index (χ1v) is 15.1. The summed E-state index contributed by atoms with van der Waals surface area (Å²) in [4.78, 5) is 23.2. The van der Waals surface area contributed by atoms with Crippen LogP contribution in [0.1, 0.15) is 31.7 Å². The van der Waals surface area contributed by atoms with Gasteiger partial charge in [-0.05, 0) is 61.0 Å². The zero-order valence-corrected chi connectivity index (χ0v) is 22.7. The Balaban J connectivity index is 1.83. The maximum atomic E-state index is 13.2. The van der Waals surface area contributed by atoms with Gasteiger partial charge in [-0.2, -0.15) is 0 Å². The number of hydrogen-bond acceptors (Lipinski definition) is 8. The van der Waals surface area contributed by atoms with Gasteiger partial charge < -0.3 is 4.74 Å². The van der Waals surface area contributed by atoms with Crippen molar-refractivity contribution in [3.05, 3.63) is 84.4 Å². The number of anilines is 1. The largest absolute Gasteiger partial charge is 0.466 e. The summed E-state index contributed by atoms with van der Waals surface area (Å²) in [7, 11) is -7.80. The molecule has 9 nitrogen and oxygen atoms in total. The van der Waals surface area contributed by atoms with E-state index in [-0.39, 0.29) is 33.5 Å². The predicted octanol–water partition coefficient (Wildman–Crippen LogP) is 3.52. The summed E-state index contributed by atoms with van der Waals surface area (Å²) in [6, 6.07) is 19.6. The third kappa shape index (κ3) is 7.06. The number of nitrogens with one attached hydrogen (secondary N) is 1. The number of nitrogens with zero attached hydrogens (tertiary/aromatic N) is 1. The average molecular weight is 559 g/mol. The highest BCUT2D eigenvalue weighted by Gasteiger charge is 2.26. The van der Waals surface area contributed by atoms with Crippen LogP contribution in [0.2, 0.25) is 0 Å². The second-order valence-electron chi connectivity index (χ2n) is 8.35. The standard InChI is InChI=1S/C27H30N2O7S2/c1-3-28-29(20-30)23-10-12-25(13-11-23)38(34,35)26-16-14-24(15-17-26)37(32,33)19-22(18-27(31)36-4-2)21-8-6-5-7-9-21/h5-17,20,22,28H,3-4,18-19H2,1-2H3. The lowest BCUT2D eigenvalue weighted by Crippen LogP contribution is -2.36. The fourth-order valence-electron chi connectivity index (χ4n) is 3.89. The molecule has 38 heavy (non-hydrogen) atoms. The normalized spacial score (nSPS) is 12.5. The van der Waals surface area contributed by atoms with Gasteiger partial charge in [-0.25, -0.2) is 27.3 Å².